The van der Waals surface area contributed by atoms with Crippen molar-refractivity contribution in [2.75, 3.05) is 4.90 Å². The van der Waals surface area contributed by atoms with Gasteiger partial charge in [0.25, 0.3) is 0 Å². The fourth-order valence-corrected chi connectivity index (χ4v) is 6.69. The third kappa shape index (κ3) is 4.87. The zero-order chi connectivity index (χ0) is 31.1. The molecular formula is C43H33N3. The van der Waals surface area contributed by atoms with Crippen molar-refractivity contribution in [1.29, 1.82) is 0 Å². The van der Waals surface area contributed by atoms with Gasteiger partial charge in [0.1, 0.15) is 0 Å². The number of aromatic nitrogens is 2. The lowest BCUT2D eigenvalue weighted by Crippen LogP contribution is -2.16. The monoisotopic (exact) mass is 591 g/mol. The first-order valence-corrected chi connectivity index (χ1v) is 15.8. The molecule has 1 heterocycles. The fourth-order valence-electron chi connectivity index (χ4n) is 6.69. The van der Waals surface area contributed by atoms with E-state index >= 15 is 0 Å². The second-order valence-corrected chi connectivity index (χ2v) is 12.3. The topological polar surface area (TPSA) is 29.0 Å². The molecule has 8 rings (SSSR count). The average Bonchev–Trinajstić information content (AvgIpc) is 3.35. The molecule has 1 aliphatic carbocycles. The van der Waals surface area contributed by atoms with Gasteiger partial charge in [-0.15, -0.1) is 0 Å². The Labute approximate surface area is 270 Å². The first kappa shape index (κ1) is 27.7. The minimum Gasteiger partial charge on any atom is -0.310 e. The largest absolute Gasteiger partial charge is 0.310 e. The van der Waals surface area contributed by atoms with Crippen molar-refractivity contribution in [3.8, 4) is 45.0 Å². The fraction of sp³-hybridized carbons (Fsp3) is 0.0698. The molecule has 0 bridgehead atoms. The molecule has 46 heavy (non-hydrogen) atoms. The van der Waals surface area contributed by atoms with Gasteiger partial charge in [-0.1, -0.05) is 129 Å². The Kier molecular flexibility index (Phi) is 6.80. The highest BCUT2D eigenvalue weighted by Crippen LogP contribution is 2.51. The molecule has 0 N–H and O–H groups in total. The smallest absolute Gasteiger partial charge is 0.160 e. The Balaban J connectivity index is 1.23. The SMILES string of the molecule is CC1(C)c2cc(-c3cc(-c4ccccc4)nc(-c4ccccc4)n3)ccc2-c2ccc(N(c3ccccc3)c3ccccc3)cc21. The number of hydrogen-bond acceptors (Lipinski definition) is 3. The van der Waals surface area contributed by atoms with E-state index in [4.69, 9.17) is 9.97 Å². The molecular weight excluding hydrogens is 558 g/mol. The van der Waals surface area contributed by atoms with Gasteiger partial charge in [-0.3, -0.25) is 0 Å². The normalized spacial score (nSPS) is 12.7. The predicted octanol–water partition coefficient (Wildman–Crippen LogP) is 11.3. The van der Waals surface area contributed by atoms with E-state index in [2.05, 4.69) is 158 Å². The summed E-state index contributed by atoms with van der Waals surface area (Å²) in [7, 11) is 0. The minimum absolute atomic E-state index is 0.201. The van der Waals surface area contributed by atoms with Crippen LogP contribution in [0, 0.1) is 0 Å². The van der Waals surface area contributed by atoms with E-state index in [-0.39, 0.29) is 5.41 Å². The molecule has 0 spiro atoms. The number of para-hydroxylation sites is 2. The number of rotatable bonds is 6. The van der Waals surface area contributed by atoms with Crippen molar-refractivity contribution in [3.05, 3.63) is 175 Å². The minimum atomic E-state index is -0.201. The molecule has 0 fully saturated rings. The standard InChI is InChI=1S/C43H33N3/c1-43(2)38-27-32(41-29-40(30-15-7-3-8-16-30)44-42(45-41)31-17-9-4-10-18-31)23-25-36(38)37-26-24-35(28-39(37)43)46(33-19-11-5-12-20-33)34-21-13-6-14-22-34/h3-29H,1-2H3. The number of benzene rings is 6. The molecule has 0 saturated heterocycles. The van der Waals surface area contributed by atoms with Crippen LogP contribution in [0.1, 0.15) is 25.0 Å². The van der Waals surface area contributed by atoms with E-state index in [9.17, 15) is 0 Å². The summed E-state index contributed by atoms with van der Waals surface area (Å²) < 4.78 is 0. The van der Waals surface area contributed by atoms with Crippen LogP contribution >= 0.6 is 0 Å². The van der Waals surface area contributed by atoms with Crippen LogP contribution in [0.4, 0.5) is 17.1 Å². The molecule has 0 atom stereocenters. The van der Waals surface area contributed by atoms with E-state index in [0.29, 0.717) is 0 Å². The molecule has 1 aliphatic rings. The van der Waals surface area contributed by atoms with Gasteiger partial charge >= 0.3 is 0 Å². The van der Waals surface area contributed by atoms with E-state index in [1.807, 2.05) is 24.3 Å². The van der Waals surface area contributed by atoms with E-state index < -0.39 is 0 Å². The lowest BCUT2D eigenvalue weighted by Gasteiger charge is -2.28. The van der Waals surface area contributed by atoms with Crippen LogP contribution in [0.3, 0.4) is 0 Å². The Morgan fingerprint density at radius 1 is 0.413 bits per heavy atom. The summed E-state index contributed by atoms with van der Waals surface area (Å²) in [5.41, 5.74) is 13.4. The summed E-state index contributed by atoms with van der Waals surface area (Å²) in [6.45, 7) is 4.68. The molecule has 0 aliphatic heterocycles. The maximum absolute atomic E-state index is 5.11. The Morgan fingerprint density at radius 2 is 0.891 bits per heavy atom. The Morgan fingerprint density at radius 3 is 1.48 bits per heavy atom. The molecule has 0 unspecified atom stereocenters. The van der Waals surface area contributed by atoms with Crippen LogP contribution in [0.5, 0.6) is 0 Å². The highest BCUT2D eigenvalue weighted by Gasteiger charge is 2.36. The lowest BCUT2D eigenvalue weighted by molar-refractivity contribution is 0.660. The van der Waals surface area contributed by atoms with Crippen LogP contribution in [-0.2, 0) is 5.41 Å². The van der Waals surface area contributed by atoms with Crippen molar-refractivity contribution in [1.82, 2.24) is 9.97 Å². The first-order valence-electron chi connectivity index (χ1n) is 15.8. The van der Waals surface area contributed by atoms with Gasteiger partial charge in [0.15, 0.2) is 5.82 Å². The summed E-state index contributed by atoms with van der Waals surface area (Å²) in [6.07, 6.45) is 0. The second kappa shape index (κ2) is 11.3. The van der Waals surface area contributed by atoms with Gasteiger partial charge in [0.2, 0.25) is 0 Å². The summed E-state index contributed by atoms with van der Waals surface area (Å²) in [5, 5.41) is 0. The van der Waals surface area contributed by atoms with Crippen molar-refractivity contribution in [3.63, 3.8) is 0 Å². The van der Waals surface area contributed by atoms with E-state index in [1.54, 1.807) is 0 Å². The molecule has 7 aromatic rings. The predicted molar refractivity (Wildman–Crippen MR) is 191 cm³/mol. The first-order chi connectivity index (χ1) is 22.6. The van der Waals surface area contributed by atoms with Crippen LogP contribution < -0.4 is 4.90 Å². The molecule has 6 aromatic carbocycles. The highest BCUT2D eigenvalue weighted by molar-refractivity contribution is 5.87. The number of nitrogens with zero attached hydrogens (tertiary/aromatic N) is 3. The quantitative estimate of drug-likeness (QED) is 0.193. The molecule has 3 heteroatoms. The van der Waals surface area contributed by atoms with Crippen LogP contribution in [0.15, 0.2) is 164 Å². The maximum Gasteiger partial charge on any atom is 0.160 e. The Hall–Kier alpha value is -5.80. The zero-order valence-corrected chi connectivity index (χ0v) is 25.9. The highest BCUT2D eigenvalue weighted by atomic mass is 15.1. The van der Waals surface area contributed by atoms with Crippen molar-refractivity contribution in [2.45, 2.75) is 19.3 Å². The Bertz CT molecular complexity index is 2060. The van der Waals surface area contributed by atoms with Crippen molar-refractivity contribution >= 4 is 17.1 Å². The third-order valence-corrected chi connectivity index (χ3v) is 9.07. The molecule has 3 nitrogen and oxygen atoms in total. The van der Waals surface area contributed by atoms with E-state index in [0.717, 1.165) is 51.0 Å². The molecule has 0 saturated carbocycles. The zero-order valence-electron chi connectivity index (χ0n) is 25.9. The van der Waals surface area contributed by atoms with E-state index in [1.165, 1.54) is 22.3 Å². The summed E-state index contributed by atoms with van der Waals surface area (Å²) in [6, 6.07) is 57.7. The third-order valence-electron chi connectivity index (χ3n) is 9.07. The van der Waals surface area contributed by atoms with Gasteiger partial charge < -0.3 is 4.90 Å². The number of anilines is 3. The molecule has 1 aromatic heterocycles. The van der Waals surface area contributed by atoms with Crippen LogP contribution in [-0.4, -0.2) is 9.97 Å². The second-order valence-electron chi connectivity index (χ2n) is 12.3. The van der Waals surface area contributed by atoms with Gasteiger partial charge in [0, 0.05) is 39.2 Å². The maximum atomic E-state index is 5.11. The summed E-state index contributed by atoms with van der Waals surface area (Å²) >= 11 is 0. The molecule has 0 amide bonds. The van der Waals surface area contributed by atoms with Crippen LogP contribution in [0.2, 0.25) is 0 Å². The lowest BCUT2D eigenvalue weighted by atomic mass is 9.81. The average molecular weight is 592 g/mol. The van der Waals surface area contributed by atoms with Gasteiger partial charge in [-0.2, -0.15) is 0 Å². The van der Waals surface area contributed by atoms with Crippen LogP contribution in [0.25, 0.3) is 45.0 Å². The van der Waals surface area contributed by atoms with Gasteiger partial charge in [-0.05, 0) is 70.8 Å². The van der Waals surface area contributed by atoms with Crippen molar-refractivity contribution in [2.24, 2.45) is 0 Å². The summed E-state index contributed by atoms with van der Waals surface area (Å²) in [5.74, 6) is 0.728. The number of hydrogen-bond donors (Lipinski definition) is 0. The molecule has 220 valence electrons. The summed E-state index contributed by atoms with van der Waals surface area (Å²) in [4.78, 5) is 12.4. The van der Waals surface area contributed by atoms with Gasteiger partial charge in [-0.25, -0.2) is 9.97 Å². The molecule has 0 radical (unpaired) electrons. The van der Waals surface area contributed by atoms with Gasteiger partial charge in [0.05, 0.1) is 11.4 Å². The number of fused-ring (bicyclic) bond motifs is 3. The van der Waals surface area contributed by atoms with Crippen molar-refractivity contribution < 1.29 is 0 Å².